The molecule has 4 nitrogen and oxygen atoms in total. The van der Waals surface area contributed by atoms with E-state index in [-0.39, 0.29) is 0 Å². The van der Waals surface area contributed by atoms with Crippen molar-refractivity contribution in [2.24, 2.45) is 0 Å². The molecule has 2 saturated heterocycles. The first kappa shape index (κ1) is 11.6. The SMILES string of the molecule is CCc1cc2c(N)nc(C3CC4CCC3O4)nc2s1. The quantitative estimate of drug-likeness (QED) is 0.915. The van der Waals surface area contributed by atoms with Crippen molar-refractivity contribution in [2.75, 3.05) is 5.73 Å². The molecule has 0 radical (unpaired) electrons. The molecule has 0 aliphatic carbocycles. The molecule has 0 spiro atoms. The lowest BCUT2D eigenvalue weighted by Crippen LogP contribution is -2.17. The van der Waals surface area contributed by atoms with Gasteiger partial charge in [-0.2, -0.15) is 0 Å². The highest BCUT2D eigenvalue weighted by molar-refractivity contribution is 7.18. The number of aromatic nitrogens is 2. The average molecular weight is 275 g/mol. The summed E-state index contributed by atoms with van der Waals surface area (Å²) in [4.78, 5) is 11.6. The van der Waals surface area contributed by atoms with Gasteiger partial charge in [0.1, 0.15) is 16.5 Å². The van der Waals surface area contributed by atoms with E-state index in [0.717, 1.165) is 35.3 Å². The molecule has 2 aromatic heterocycles. The van der Waals surface area contributed by atoms with E-state index in [9.17, 15) is 0 Å². The third-order valence-corrected chi connectivity index (χ3v) is 5.45. The van der Waals surface area contributed by atoms with Crippen molar-refractivity contribution < 1.29 is 4.74 Å². The van der Waals surface area contributed by atoms with Gasteiger partial charge < -0.3 is 10.5 Å². The monoisotopic (exact) mass is 275 g/mol. The molecule has 2 aliphatic heterocycles. The van der Waals surface area contributed by atoms with Crippen LogP contribution in [0.1, 0.15) is 42.8 Å². The Labute approximate surface area is 116 Å². The van der Waals surface area contributed by atoms with Gasteiger partial charge in [0, 0.05) is 10.8 Å². The van der Waals surface area contributed by atoms with E-state index < -0.39 is 0 Å². The maximum absolute atomic E-state index is 6.11. The van der Waals surface area contributed by atoms with Gasteiger partial charge in [0.05, 0.1) is 17.6 Å². The molecular weight excluding hydrogens is 258 g/mol. The van der Waals surface area contributed by atoms with Crippen LogP contribution < -0.4 is 5.73 Å². The van der Waals surface area contributed by atoms with Crippen molar-refractivity contribution in [1.82, 2.24) is 9.97 Å². The van der Waals surface area contributed by atoms with Crippen LogP contribution in [0.15, 0.2) is 6.07 Å². The summed E-state index contributed by atoms with van der Waals surface area (Å²) in [6.45, 7) is 2.15. The molecule has 2 aliphatic rings. The van der Waals surface area contributed by atoms with Crippen LogP contribution in [0.4, 0.5) is 5.82 Å². The van der Waals surface area contributed by atoms with Gasteiger partial charge >= 0.3 is 0 Å². The molecule has 4 heterocycles. The van der Waals surface area contributed by atoms with E-state index in [1.165, 1.54) is 11.3 Å². The normalized spacial score (nSPS) is 29.4. The number of nitrogen functional groups attached to an aromatic ring is 1. The second kappa shape index (κ2) is 4.15. The summed E-state index contributed by atoms with van der Waals surface area (Å²) in [6.07, 6.45) is 5.14. The maximum atomic E-state index is 6.11. The summed E-state index contributed by atoms with van der Waals surface area (Å²) in [7, 11) is 0. The molecule has 2 aromatic rings. The van der Waals surface area contributed by atoms with Crippen LogP contribution >= 0.6 is 11.3 Å². The Morgan fingerprint density at radius 2 is 2.32 bits per heavy atom. The Morgan fingerprint density at radius 3 is 3.00 bits per heavy atom. The van der Waals surface area contributed by atoms with Crippen LogP contribution in [0.2, 0.25) is 0 Å². The summed E-state index contributed by atoms with van der Waals surface area (Å²) in [5.41, 5.74) is 6.11. The number of ether oxygens (including phenoxy) is 1. The highest BCUT2D eigenvalue weighted by Crippen LogP contribution is 2.44. The molecule has 19 heavy (non-hydrogen) atoms. The van der Waals surface area contributed by atoms with Crippen LogP contribution in [0.25, 0.3) is 10.2 Å². The van der Waals surface area contributed by atoms with Gasteiger partial charge in [-0.3, -0.25) is 0 Å². The lowest BCUT2D eigenvalue weighted by atomic mass is 9.88. The first-order valence-electron chi connectivity index (χ1n) is 6.96. The second-order valence-electron chi connectivity index (χ2n) is 5.47. The minimum absolute atomic E-state index is 0.312. The number of fused-ring (bicyclic) bond motifs is 3. The van der Waals surface area contributed by atoms with Crippen molar-refractivity contribution in [3.05, 3.63) is 16.8 Å². The lowest BCUT2D eigenvalue weighted by Gasteiger charge is -2.17. The van der Waals surface area contributed by atoms with Crippen molar-refractivity contribution in [1.29, 1.82) is 0 Å². The van der Waals surface area contributed by atoms with Crippen LogP contribution in [0.5, 0.6) is 0 Å². The number of aryl methyl sites for hydroxylation is 1. The van der Waals surface area contributed by atoms with Gasteiger partial charge in [-0.15, -0.1) is 11.3 Å². The number of nitrogens with zero attached hydrogens (tertiary/aromatic N) is 2. The van der Waals surface area contributed by atoms with Crippen LogP contribution in [0.3, 0.4) is 0 Å². The lowest BCUT2D eigenvalue weighted by molar-refractivity contribution is 0.0999. The molecule has 3 atom stereocenters. The van der Waals surface area contributed by atoms with Crippen molar-refractivity contribution in [3.8, 4) is 0 Å². The van der Waals surface area contributed by atoms with Gasteiger partial charge in [0.2, 0.25) is 0 Å². The molecule has 0 saturated carbocycles. The molecule has 2 fully saturated rings. The van der Waals surface area contributed by atoms with E-state index >= 15 is 0 Å². The number of nitrogens with two attached hydrogens (primary N) is 1. The van der Waals surface area contributed by atoms with Gasteiger partial charge in [-0.25, -0.2) is 9.97 Å². The van der Waals surface area contributed by atoms with Crippen molar-refractivity contribution in [2.45, 2.75) is 50.7 Å². The topological polar surface area (TPSA) is 61.0 Å². The van der Waals surface area contributed by atoms with Crippen LogP contribution in [-0.2, 0) is 11.2 Å². The molecule has 100 valence electrons. The van der Waals surface area contributed by atoms with E-state index in [0.29, 0.717) is 23.9 Å². The highest BCUT2D eigenvalue weighted by Gasteiger charge is 2.43. The zero-order valence-corrected chi connectivity index (χ0v) is 11.7. The third kappa shape index (κ3) is 1.75. The van der Waals surface area contributed by atoms with Gasteiger partial charge in [-0.1, -0.05) is 6.92 Å². The zero-order valence-electron chi connectivity index (χ0n) is 10.9. The van der Waals surface area contributed by atoms with E-state index in [1.807, 2.05) is 0 Å². The zero-order chi connectivity index (χ0) is 13.0. The van der Waals surface area contributed by atoms with E-state index in [4.69, 9.17) is 15.5 Å². The molecule has 0 amide bonds. The molecular formula is C14H17N3OS. The molecule has 5 heteroatoms. The largest absolute Gasteiger partial charge is 0.383 e. The fourth-order valence-corrected chi connectivity index (χ4v) is 4.24. The summed E-state index contributed by atoms with van der Waals surface area (Å²) in [5, 5.41) is 1.01. The van der Waals surface area contributed by atoms with Gasteiger partial charge in [-0.05, 0) is 31.7 Å². The molecule has 0 aromatic carbocycles. The van der Waals surface area contributed by atoms with Crippen molar-refractivity contribution >= 4 is 27.4 Å². The fraction of sp³-hybridized carbons (Fsp3) is 0.571. The Kier molecular flexibility index (Phi) is 2.53. The minimum atomic E-state index is 0.312. The average Bonchev–Trinajstić information content (AvgIpc) is 3.12. The third-order valence-electron chi connectivity index (χ3n) is 4.28. The van der Waals surface area contributed by atoms with E-state index in [1.54, 1.807) is 11.3 Å². The summed E-state index contributed by atoms with van der Waals surface area (Å²) >= 11 is 1.73. The first-order chi connectivity index (χ1) is 9.24. The number of hydrogen-bond donors (Lipinski definition) is 1. The number of hydrogen-bond acceptors (Lipinski definition) is 5. The standard InChI is InChI=1S/C14H17N3OS/c1-2-8-6-10-12(15)16-13(17-14(10)19-8)9-5-7-3-4-11(9)18-7/h6-7,9,11H,2-5H2,1H3,(H2,15,16,17). The number of anilines is 1. The Hall–Kier alpha value is -1.20. The van der Waals surface area contributed by atoms with Gasteiger partial charge in [0.25, 0.3) is 0 Å². The summed E-state index contributed by atoms with van der Waals surface area (Å²) in [6, 6.07) is 2.12. The predicted molar refractivity (Wildman–Crippen MR) is 76.5 cm³/mol. The predicted octanol–water partition coefficient (Wildman–Crippen LogP) is 2.87. The second-order valence-corrected chi connectivity index (χ2v) is 6.58. The summed E-state index contributed by atoms with van der Waals surface area (Å²) in [5.74, 6) is 1.86. The van der Waals surface area contributed by atoms with Gasteiger partial charge in [0.15, 0.2) is 0 Å². The molecule has 3 unspecified atom stereocenters. The fourth-order valence-electron chi connectivity index (χ4n) is 3.26. The van der Waals surface area contributed by atoms with Crippen molar-refractivity contribution in [3.63, 3.8) is 0 Å². The Morgan fingerprint density at radius 1 is 1.42 bits per heavy atom. The van der Waals surface area contributed by atoms with Crippen LogP contribution in [-0.4, -0.2) is 22.2 Å². The Bertz CT molecular complexity index is 639. The smallest absolute Gasteiger partial charge is 0.138 e. The minimum Gasteiger partial charge on any atom is -0.383 e. The highest BCUT2D eigenvalue weighted by atomic mass is 32.1. The van der Waals surface area contributed by atoms with Crippen LogP contribution in [0, 0.1) is 0 Å². The molecule has 2 bridgehead atoms. The first-order valence-corrected chi connectivity index (χ1v) is 7.77. The number of rotatable bonds is 2. The number of thiophene rings is 1. The summed E-state index contributed by atoms with van der Waals surface area (Å²) < 4.78 is 5.90. The van der Waals surface area contributed by atoms with E-state index in [2.05, 4.69) is 18.0 Å². The molecule has 2 N–H and O–H groups in total. The Balaban J connectivity index is 1.78. The maximum Gasteiger partial charge on any atom is 0.138 e. The molecule has 4 rings (SSSR count).